The third kappa shape index (κ3) is 6.27. The summed E-state index contributed by atoms with van der Waals surface area (Å²) in [6.45, 7) is 0.958. The SMILES string of the molecule is COC(=O)c1cc(NC(=O)c2c(Oc3ccc(OC(F)(F)F)c(F)c3C)ccc(C(F)(F)F)c2F)ccn1. The van der Waals surface area contributed by atoms with E-state index in [2.05, 4.69) is 19.8 Å². The van der Waals surface area contributed by atoms with Crippen LogP contribution in [0.2, 0.25) is 0 Å². The van der Waals surface area contributed by atoms with E-state index in [-0.39, 0.29) is 17.4 Å². The summed E-state index contributed by atoms with van der Waals surface area (Å²) < 4.78 is 120. The van der Waals surface area contributed by atoms with Crippen LogP contribution in [-0.4, -0.2) is 30.3 Å². The molecule has 7 nitrogen and oxygen atoms in total. The molecule has 0 fully saturated rings. The fraction of sp³-hybridized carbons (Fsp3) is 0.174. The molecule has 3 aromatic rings. The highest BCUT2D eigenvalue weighted by molar-refractivity contribution is 6.07. The number of amides is 1. The van der Waals surface area contributed by atoms with E-state index < -0.39 is 70.0 Å². The monoisotopic (exact) mass is 550 g/mol. The fourth-order valence-electron chi connectivity index (χ4n) is 3.07. The predicted molar refractivity (Wildman–Crippen MR) is 113 cm³/mol. The number of carbonyl (C=O) groups excluding carboxylic acids is 2. The Hall–Kier alpha value is -4.43. The van der Waals surface area contributed by atoms with Gasteiger partial charge in [-0.2, -0.15) is 13.2 Å². The van der Waals surface area contributed by atoms with Gasteiger partial charge in [0.15, 0.2) is 17.4 Å². The van der Waals surface area contributed by atoms with E-state index in [9.17, 15) is 40.3 Å². The van der Waals surface area contributed by atoms with Crippen LogP contribution in [0.1, 0.15) is 32.0 Å². The number of nitrogens with zero attached hydrogens (tertiary/aromatic N) is 1. The second-order valence-electron chi connectivity index (χ2n) is 7.32. The second-order valence-corrected chi connectivity index (χ2v) is 7.32. The lowest BCUT2D eigenvalue weighted by atomic mass is 10.1. The quantitative estimate of drug-likeness (QED) is 0.282. The van der Waals surface area contributed by atoms with Gasteiger partial charge in [0.1, 0.15) is 22.8 Å². The number of ether oxygens (including phenoxy) is 3. The number of alkyl halides is 6. The number of rotatable bonds is 6. The highest BCUT2D eigenvalue weighted by Gasteiger charge is 2.38. The molecule has 2 aromatic carbocycles. The van der Waals surface area contributed by atoms with Crippen molar-refractivity contribution < 1.29 is 58.9 Å². The molecule has 1 N–H and O–H groups in total. The van der Waals surface area contributed by atoms with Crippen LogP contribution in [0.15, 0.2) is 42.6 Å². The summed E-state index contributed by atoms with van der Waals surface area (Å²) in [7, 11) is 1.05. The Morgan fingerprint density at radius 2 is 1.53 bits per heavy atom. The van der Waals surface area contributed by atoms with Gasteiger partial charge in [-0.05, 0) is 43.3 Å². The van der Waals surface area contributed by atoms with E-state index in [0.29, 0.717) is 12.1 Å². The van der Waals surface area contributed by atoms with Crippen LogP contribution in [0, 0.1) is 18.6 Å². The largest absolute Gasteiger partial charge is 0.573 e. The number of aromatic nitrogens is 1. The number of hydrogen-bond acceptors (Lipinski definition) is 6. The highest BCUT2D eigenvalue weighted by atomic mass is 19.4. The Balaban J connectivity index is 2.05. The van der Waals surface area contributed by atoms with Crippen molar-refractivity contribution in [2.75, 3.05) is 12.4 Å². The topological polar surface area (TPSA) is 86.8 Å². The Labute approximate surface area is 207 Å². The number of anilines is 1. The molecule has 0 saturated heterocycles. The average molecular weight is 550 g/mol. The first-order chi connectivity index (χ1) is 17.6. The minimum absolute atomic E-state index is 0.191. The van der Waals surface area contributed by atoms with Crippen molar-refractivity contribution in [1.29, 1.82) is 0 Å². The number of methoxy groups -OCH3 is 1. The van der Waals surface area contributed by atoms with Gasteiger partial charge < -0.3 is 19.5 Å². The number of carbonyl (C=O) groups is 2. The number of nitrogens with one attached hydrogen (secondary N) is 1. The standard InChI is InChI=1S/C23H14F8N2O5/c1-10-14(5-6-16(18(10)24)38-23(29,30)31)37-15-4-3-12(22(26,27)28)19(25)17(15)20(34)33-11-7-8-32-13(9-11)21(35)36-2/h3-9H,1-2H3,(H,32,33,34). The Morgan fingerprint density at radius 1 is 0.895 bits per heavy atom. The van der Waals surface area contributed by atoms with Gasteiger partial charge in [0, 0.05) is 17.4 Å². The minimum Gasteiger partial charge on any atom is -0.464 e. The van der Waals surface area contributed by atoms with Crippen molar-refractivity contribution in [2.45, 2.75) is 19.5 Å². The Kier molecular flexibility index (Phi) is 7.79. The molecule has 0 aliphatic rings. The summed E-state index contributed by atoms with van der Waals surface area (Å²) >= 11 is 0. The van der Waals surface area contributed by atoms with Crippen LogP contribution in [0.3, 0.4) is 0 Å². The second kappa shape index (κ2) is 10.5. The van der Waals surface area contributed by atoms with Crippen molar-refractivity contribution in [2.24, 2.45) is 0 Å². The molecule has 0 spiro atoms. The molecule has 1 aromatic heterocycles. The van der Waals surface area contributed by atoms with E-state index in [0.717, 1.165) is 38.4 Å². The van der Waals surface area contributed by atoms with E-state index in [4.69, 9.17) is 4.74 Å². The zero-order valence-electron chi connectivity index (χ0n) is 19.1. The molecule has 0 saturated carbocycles. The van der Waals surface area contributed by atoms with E-state index in [1.165, 1.54) is 0 Å². The molecule has 0 radical (unpaired) electrons. The maximum absolute atomic E-state index is 15.0. The van der Waals surface area contributed by atoms with E-state index in [1.54, 1.807) is 0 Å². The first kappa shape index (κ1) is 28.1. The van der Waals surface area contributed by atoms with Crippen molar-refractivity contribution in [3.05, 3.63) is 76.6 Å². The van der Waals surface area contributed by atoms with Crippen molar-refractivity contribution >= 4 is 17.6 Å². The van der Waals surface area contributed by atoms with Gasteiger partial charge in [0.05, 0.1) is 12.7 Å². The van der Waals surface area contributed by atoms with Gasteiger partial charge in [-0.1, -0.05) is 0 Å². The predicted octanol–water partition coefficient (Wildman–Crippen LogP) is 6.42. The molecule has 202 valence electrons. The average Bonchev–Trinajstić information content (AvgIpc) is 2.82. The summed E-state index contributed by atoms with van der Waals surface area (Å²) in [5, 5.41) is 2.09. The summed E-state index contributed by atoms with van der Waals surface area (Å²) in [5.74, 6) is -8.57. The van der Waals surface area contributed by atoms with Gasteiger partial charge >= 0.3 is 18.5 Å². The molecule has 38 heavy (non-hydrogen) atoms. The smallest absolute Gasteiger partial charge is 0.464 e. The Morgan fingerprint density at radius 3 is 2.13 bits per heavy atom. The van der Waals surface area contributed by atoms with Crippen LogP contribution in [-0.2, 0) is 10.9 Å². The molecule has 0 bridgehead atoms. The lowest BCUT2D eigenvalue weighted by Gasteiger charge is -2.18. The van der Waals surface area contributed by atoms with Gasteiger partial charge in [0.25, 0.3) is 5.91 Å². The number of halogens is 8. The molecular formula is C23H14F8N2O5. The zero-order chi connectivity index (χ0) is 28.4. The first-order valence-electron chi connectivity index (χ1n) is 10.1. The maximum atomic E-state index is 15.0. The number of pyridine rings is 1. The van der Waals surface area contributed by atoms with E-state index in [1.807, 2.05) is 0 Å². The molecule has 1 amide bonds. The maximum Gasteiger partial charge on any atom is 0.573 e. The lowest BCUT2D eigenvalue weighted by Crippen LogP contribution is -2.19. The van der Waals surface area contributed by atoms with Crippen LogP contribution in [0.4, 0.5) is 40.8 Å². The van der Waals surface area contributed by atoms with Crippen LogP contribution in [0.25, 0.3) is 0 Å². The third-order valence-electron chi connectivity index (χ3n) is 4.80. The molecule has 1 heterocycles. The molecule has 0 aliphatic heterocycles. The summed E-state index contributed by atoms with van der Waals surface area (Å²) in [6.07, 6.45) is -9.40. The third-order valence-corrected chi connectivity index (χ3v) is 4.80. The normalized spacial score (nSPS) is 11.6. The van der Waals surface area contributed by atoms with Crippen LogP contribution >= 0.6 is 0 Å². The molecule has 0 unspecified atom stereocenters. The molecule has 0 aliphatic carbocycles. The minimum atomic E-state index is -5.23. The Bertz CT molecular complexity index is 1390. The number of esters is 1. The highest BCUT2D eigenvalue weighted by Crippen LogP contribution is 2.39. The first-order valence-corrected chi connectivity index (χ1v) is 10.1. The van der Waals surface area contributed by atoms with Gasteiger partial charge in [-0.15, -0.1) is 13.2 Å². The van der Waals surface area contributed by atoms with E-state index >= 15 is 4.39 Å². The van der Waals surface area contributed by atoms with Crippen LogP contribution < -0.4 is 14.8 Å². The zero-order valence-corrected chi connectivity index (χ0v) is 19.1. The van der Waals surface area contributed by atoms with Crippen molar-refractivity contribution in [3.8, 4) is 17.2 Å². The molecular weight excluding hydrogens is 536 g/mol. The van der Waals surface area contributed by atoms with Gasteiger partial charge in [-0.25, -0.2) is 18.6 Å². The summed E-state index contributed by atoms with van der Waals surface area (Å²) in [6, 6.07) is 4.27. The lowest BCUT2D eigenvalue weighted by molar-refractivity contribution is -0.275. The molecule has 3 rings (SSSR count). The van der Waals surface area contributed by atoms with Crippen molar-refractivity contribution in [3.63, 3.8) is 0 Å². The summed E-state index contributed by atoms with van der Waals surface area (Å²) in [5.41, 5.74) is -4.18. The van der Waals surface area contributed by atoms with Gasteiger partial charge in [0.2, 0.25) is 0 Å². The van der Waals surface area contributed by atoms with Crippen LogP contribution in [0.5, 0.6) is 17.2 Å². The molecule has 0 atom stereocenters. The number of hydrogen-bond donors (Lipinski definition) is 1. The number of benzene rings is 2. The van der Waals surface area contributed by atoms with Gasteiger partial charge in [-0.3, -0.25) is 4.79 Å². The van der Waals surface area contributed by atoms with Crippen molar-refractivity contribution in [1.82, 2.24) is 4.98 Å². The fourth-order valence-corrected chi connectivity index (χ4v) is 3.07. The summed E-state index contributed by atoms with van der Waals surface area (Å²) in [4.78, 5) is 28.2. The molecule has 15 heteroatoms.